The number of thioether (sulfide) groups is 1. The first-order chi connectivity index (χ1) is 15.4. The summed E-state index contributed by atoms with van der Waals surface area (Å²) >= 11 is 4.42. The summed E-state index contributed by atoms with van der Waals surface area (Å²) in [5, 5.41) is -0.904. The molecule has 0 saturated carbocycles. The molecule has 1 aliphatic rings. The van der Waals surface area contributed by atoms with Gasteiger partial charge in [-0.15, -0.1) is 0 Å². The molecule has 1 fully saturated rings. The fourth-order valence-electron chi connectivity index (χ4n) is 3.33. The largest absolute Gasteiger partial charge is 0.489 e. The molecule has 32 heavy (non-hydrogen) atoms. The first kappa shape index (κ1) is 22.5. The lowest BCUT2D eigenvalue weighted by atomic mass is 10.1. The molecular formula is C24H18BrF2NO3S. The van der Waals surface area contributed by atoms with Crippen LogP contribution in [-0.2, 0) is 24.4 Å². The van der Waals surface area contributed by atoms with Gasteiger partial charge in [-0.25, -0.2) is 8.78 Å². The Bertz CT molecular complexity index is 1140. The van der Waals surface area contributed by atoms with Gasteiger partial charge in [0, 0.05) is 4.47 Å². The first-order valence-electron chi connectivity index (χ1n) is 9.81. The number of benzene rings is 3. The standard InChI is InChI=1S/C24H18BrF2NO3S/c25-18-5-10-21(31-14-16-3-8-20(27)9-4-16)17(11-18)12-22-23(29)28(24(30)32-22)13-15-1-6-19(26)7-2-15/h1-11,22H,12-14H2/t22-/m0/s1. The Morgan fingerprint density at radius 3 is 2.19 bits per heavy atom. The average Bonchev–Trinajstić information content (AvgIpc) is 3.03. The normalized spacial score (nSPS) is 16.0. The lowest BCUT2D eigenvalue weighted by Gasteiger charge is -2.16. The summed E-state index contributed by atoms with van der Waals surface area (Å²) in [6, 6.07) is 17.3. The summed E-state index contributed by atoms with van der Waals surface area (Å²) in [6.07, 6.45) is 0.313. The van der Waals surface area contributed by atoms with Crippen molar-refractivity contribution in [3.63, 3.8) is 0 Å². The Morgan fingerprint density at radius 1 is 0.906 bits per heavy atom. The van der Waals surface area contributed by atoms with Gasteiger partial charge in [0.05, 0.1) is 11.8 Å². The van der Waals surface area contributed by atoms with Gasteiger partial charge < -0.3 is 4.74 Å². The third-order valence-electron chi connectivity index (χ3n) is 4.99. The van der Waals surface area contributed by atoms with Gasteiger partial charge >= 0.3 is 0 Å². The molecule has 3 aromatic rings. The van der Waals surface area contributed by atoms with Gasteiger partial charge in [0.25, 0.3) is 5.24 Å². The molecule has 4 nitrogen and oxygen atoms in total. The van der Waals surface area contributed by atoms with Crippen LogP contribution in [0.3, 0.4) is 0 Å². The van der Waals surface area contributed by atoms with Crippen molar-refractivity contribution in [3.05, 3.63) is 99.5 Å². The number of halogens is 3. The second-order valence-electron chi connectivity index (χ2n) is 7.29. The van der Waals surface area contributed by atoms with Gasteiger partial charge in [0.15, 0.2) is 0 Å². The van der Waals surface area contributed by atoms with Gasteiger partial charge in [-0.1, -0.05) is 52.0 Å². The second-order valence-corrected chi connectivity index (χ2v) is 9.36. The fraction of sp³-hybridized carbons (Fsp3) is 0.167. The van der Waals surface area contributed by atoms with Crippen molar-refractivity contribution in [2.24, 2.45) is 0 Å². The highest BCUT2D eigenvalue weighted by Gasteiger charge is 2.39. The Labute approximate surface area is 196 Å². The first-order valence-corrected chi connectivity index (χ1v) is 11.5. The third-order valence-corrected chi connectivity index (χ3v) is 6.56. The number of rotatable bonds is 7. The van der Waals surface area contributed by atoms with E-state index in [0.717, 1.165) is 27.4 Å². The van der Waals surface area contributed by atoms with Crippen LogP contribution < -0.4 is 4.74 Å². The smallest absolute Gasteiger partial charge is 0.289 e. The molecule has 1 aliphatic heterocycles. The van der Waals surface area contributed by atoms with Crippen LogP contribution in [0.4, 0.5) is 13.6 Å². The topological polar surface area (TPSA) is 46.6 Å². The van der Waals surface area contributed by atoms with Crippen molar-refractivity contribution in [3.8, 4) is 5.75 Å². The molecular weight excluding hydrogens is 500 g/mol. The molecule has 0 N–H and O–H groups in total. The minimum Gasteiger partial charge on any atom is -0.489 e. The van der Waals surface area contributed by atoms with Gasteiger partial charge in [0.1, 0.15) is 24.0 Å². The van der Waals surface area contributed by atoms with Crippen molar-refractivity contribution in [1.29, 1.82) is 0 Å². The zero-order valence-electron chi connectivity index (χ0n) is 16.8. The average molecular weight is 518 g/mol. The highest BCUT2D eigenvalue weighted by Crippen LogP contribution is 2.34. The van der Waals surface area contributed by atoms with Gasteiger partial charge in [0.2, 0.25) is 5.91 Å². The van der Waals surface area contributed by atoms with Crippen molar-refractivity contribution >= 4 is 38.8 Å². The maximum absolute atomic E-state index is 13.1. The number of hydrogen-bond donors (Lipinski definition) is 0. The summed E-state index contributed by atoms with van der Waals surface area (Å²) in [5.74, 6) is -0.378. The summed E-state index contributed by atoms with van der Waals surface area (Å²) in [5.41, 5.74) is 2.27. The number of imide groups is 1. The van der Waals surface area contributed by atoms with E-state index >= 15 is 0 Å². The minimum atomic E-state index is -0.578. The van der Waals surface area contributed by atoms with E-state index in [1.54, 1.807) is 30.3 Å². The molecule has 164 valence electrons. The summed E-state index contributed by atoms with van der Waals surface area (Å²) in [6.45, 7) is 0.351. The number of carbonyl (C=O) groups excluding carboxylic acids is 2. The third kappa shape index (κ3) is 5.37. The molecule has 1 heterocycles. The molecule has 0 unspecified atom stereocenters. The molecule has 3 aromatic carbocycles. The number of ether oxygens (including phenoxy) is 1. The molecule has 0 aromatic heterocycles. The Balaban J connectivity index is 1.46. The maximum Gasteiger partial charge on any atom is 0.289 e. The molecule has 2 amide bonds. The van der Waals surface area contributed by atoms with Crippen LogP contribution in [0.2, 0.25) is 0 Å². The number of carbonyl (C=O) groups is 2. The van der Waals surface area contributed by atoms with Crippen molar-refractivity contribution in [1.82, 2.24) is 4.90 Å². The second kappa shape index (κ2) is 9.83. The van der Waals surface area contributed by atoms with E-state index in [2.05, 4.69) is 15.9 Å². The van der Waals surface area contributed by atoms with Crippen LogP contribution in [0.5, 0.6) is 5.75 Å². The molecule has 0 bridgehead atoms. The van der Waals surface area contributed by atoms with Crippen LogP contribution in [-0.4, -0.2) is 21.3 Å². The Morgan fingerprint density at radius 2 is 1.53 bits per heavy atom. The molecule has 4 rings (SSSR count). The van der Waals surface area contributed by atoms with E-state index in [9.17, 15) is 18.4 Å². The van der Waals surface area contributed by atoms with Crippen LogP contribution in [0, 0.1) is 11.6 Å². The Kier molecular flexibility index (Phi) is 6.91. The van der Waals surface area contributed by atoms with E-state index in [1.807, 2.05) is 12.1 Å². The van der Waals surface area contributed by atoms with E-state index in [0.29, 0.717) is 17.7 Å². The van der Waals surface area contributed by atoms with Gasteiger partial charge in [-0.05, 0) is 65.6 Å². The SMILES string of the molecule is O=C1S[C@@H](Cc2cc(Br)ccc2OCc2ccc(F)cc2)C(=O)N1Cc1ccc(F)cc1. The quantitative estimate of drug-likeness (QED) is 0.379. The lowest BCUT2D eigenvalue weighted by Crippen LogP contribution is -2.31. The van der Waals surface area contributed by atoms with Gasteiger partial charge in [-0.3, -0.25) is 14.5 Å². The molecule has 1 saturated heterocycles. The van der Waals surface area contributed by atoms with Crippen molar-refractivity contribution in [2.45, 2.75) is 24.8 Å². The minimum absolute atomic E-state index is 0.105. The van der Waals surface area contributed by atoms with Crippen LogP contribution in [0.15, 0.2) is 71.2 Å². The maximum atomic E-state index is 13.1. The summed E-state index contributed by atoms with van der Waals surface area (Å²) in [7, 11) is 0. The van der Waals surface area contributed by atoms with Crippen molar-refractivity contribution in [2.75, 3.05) is 0 Å². The predicted octanol–water partition coefficient (Wildman–Crippen LogP) is 6.11. The predicted molar refractivity (Wildman–Crippen MR) is 122 cm³/mol. The molecule has 1 atom stereocenters. The summed E-state index contributed by atoms with van der Waals surface area (Å²) < 4.78 is 33.0. The number of hydrogen-bond acceptors (Lipinski definition) is 4. The van der Waals surface area contributed by atoms with Gasteiger partial charge in [-0.2, -0.15) is 0 Å². The fourth-order valence-corrected chi connectivity index (χ4v) is 4.76. The number of amides is 2. The lowest BCUT2D eigenvalue weighted by molar-refractivity contribution is -0.127. The highest BCUT2D eigenvalue weighted by molar-refractivity contribution is 9.10. The molecule has 0 spiro atoms. The monoisotopic (exact) mass is 517 g/mol. The van der Waals surface area contributed by atoms with Crippen molar-refractivity contribution < 1.29 is 23.1 Å². The number of nitrogens with zero attached hydrogens (tertiary/aromatic N) is 1. The Hall–Kier alpha value is -2.71. The zero-order chi connectivity index (χ0) is 22.7. The van der Waals surface area contributed by atoms with Crippen LogP contribution >= 0.6 is 27.7 Å². The molecule has 0 aliphatic carbocycles. The molecule has 0 radical (unpaired) electrons. The molecule has 8 heteroatoms. The summed E-state index contributed by atoms with van der Waals surface area (Å²) in [4.78, 5) is 26.6. The zero-order valence-corrected chi connectivity index (χ0v) is 19.2. The highest BCUT2D eigenvalue weighted by atomic mass is 79.9. The van der Waals surface area contributed by atoms with E-state index in [1.165, 1.54) is 29.2 Å². The van der Waals surface area contributed by atoms with Crippen LogP contribution in [0.1, 0.15) is 16.7 Å². The van der Waals surface area contributed by atoms with E-state index < -0.39 is 5.25 Å². The van der Waals surface area contributed by atoms with Crippen LogP contribution in [0.25, 0.3) is 0 Å². The van der Waals surface area contributed by atoms with E-state index in [-0.39, 0.29) is 35.9 Å². The van der Waals surface area contributed by atoms with E-state index in [4.69, 9.17) is 4.74 Å².